The van der Waals surface area contributed by atoms with Crippen molar-refractivity contribution >= 4 is 0 Å². The maximum Gasteiger partial charge on any atom is 0.161 e. The van der Waals surface area contributed by atoms with Gasteiger partial charge in [-0.1, -0.05) is 18.2 Å². The van der Waals surface area contributed by atoms with E-state index in [1.54, 1.807) is 32.4 Å². The van der Waals surface area contributed by atoms with E-state index in [0.717, 1.165) is 5.56 Å². The van der Waals surface area contributed by atoms with E-state index in [9.17, 15) is 5.26 Å². The van der Waals surface area contributed by atoms with Gasteiger partial charge in [-0.05, 0) is 17.7 Å². The molecule has 4 heteroatoms. The number of ether oxygens (including phenoxy) is 2. The smallest absolute Gasteiger partial charge is 0.161 e. The Hall–Kier alpha value is -2.25. The Morgan fingerprint density at radius 3 is 2.25 bits per heavy atom. The molecule has 0 heterocycles. The Balaban J connectivity index is 3.13. The third-order valence-corrected chi connectivity index (χ3v) is 2.94. The van der Waals surface area contributed by atoms with Crippen LogP contribution in [-0.2, 0) is 0 Å². The van der Waals surface area contributed by atoms with Crippen LogP contribution >= 0.6 is 0 Å². The summed E-state index contributed by atoms with van der Waals surface area (Å²) in [5.41, 5.74) is 0.855. The fourth-order valence-electron chi connectivity index (χ4n) is 2.01. The molecule has 20 heavy (non-hydrogen) atoms. The molecule has 1 atom stereocenters. The molecule has 0 radical (unpaired) electrons. The zero-order valence-corrected chi connectivity index (χ0v) is 12.0. The highest BCUT2D eigenvalue weighted by atomic mass is 16.5. The van der Waals surface area contributed by atoms with Crippen molar-refractivity contribution in [2.75, 3.05) is 27.3 Å². The second kappa shape index (κ2) is 8.03. The molecule has 1 rings (SSSR count). The van der Waals surface area contributed by atoms with E-state index in [1.807, 2.05) is 17.0 Å². The number of nitrogens with zero attached hydrogens (tertiary/aromatic N) is 2. The van der Waals surface area contributed by atoms with Crippen molar-refractivity contribution in [3.05, 3.63) is 49.1 Å². The van der Waals surface area contributed by atoms with Crippen molar-refractivity contribution in [1.29, 1.82) is 5.26 Å². The molecular formula is C16H20N2O2. The third kappa shape index (κ3) is 3.62. The van der Waals surface area contributed by atoms with Gasteiger partial charge in [-0.2, -0.15) is 5.26 Å². The fraction of sp³-hybridized carbons (Fsp3) is 0.312. The minimum atomic E-state index is -0.384. The first kappa shape index (κ1) is 15.8. The molecule has 0 aliphatic heterocycles. The molecule has 0 amide bonds. The normalized spacial score (nSPS) is 11.5. The van der Waals surface area contributed by atoms with Gasteiger partial charge in [0.05, 0.1) is 20.3 Å². The molecule has 0 N–H and O–H groups in total. The highest BCUT2D eigenvalue weighted by molar-refractivity contribution is 5.44. The van der Waals surface area contributed by atoms with Crippen LogP contribution in [0.1, 0.15) is 11.6 Å². The lowest BCUT2D eigenvalue weighted by atomic mass is 10.1. The standard InChI is InChI=1S/C16H20N2O2/c1-5-9-18(10-6-2)14(12-17)13-7-8-15(19-3)16(11-13)20-4/h5-8,11,14H,1-2,9-10H2,3-4H3. The largest absolute Gasteiger partial charge is 0.493 e. The Morgan fingerprint density at radius 1 is 1.20 bits per heavy atom. The van der Waals surface area contributed by atoms with Crippen LogP contribution < -0.4 is 9.47 Å². The number of rotatable bonds is 8. The molecule has 1 aromatic carbocycles. The first-order valence-electron chi connectivity index (χ1n) is 6.29. The fourth-order valence-corrected chi connectivity index (χ4v) is 2.01. The lowest BCUT2D eigenvalue weighted by molar-refractivity contribution is 0.289. The van der Waals surface area contributed by atoms with Gasteiger partial charge in [-0.15, -0.1) is 13.2 Å². The highest BCUT2D eigenvalue weighted by Crippen LogP contribution is 2.31. The van der Waals surface area contributed by atoms with Crippen molar-refractivity contribution in [1.82, 2.24) is 4.90 Å². The summed E-state index contributed by atoms with van der Waals surface area (Å²) in [7, 11) is 3.16. The maximum atomic E-state index is 9.46. The van der Waals surface area contributed by atoms with Crippen LogP contribution in [0, 0.1) is 11.3 Å². The summed E-state index contributed by atoms with van der Waals surface area (Å²) in [6.45, 7) is 8.67. The van der Waals surface area contributed by atoms with E-state index in [4.69, 9.17) is 9.47 Å². The SMILES string of the molecule is C=CCN(CC=C)C(C#N)c1ccc(OC)c(OC)c1. The van der Waals surface area contributed by atoms with Crippen molar-refractivity contribution in [2.24, 2.45) is 0 Å². The molecule has 0 aliphatic rings. The van der Waals surface area contributed by atoms with Crippen LogP contribution in [0.4, 0.5) is 0 Å². The molecule has 4 nitrogen and oxygen atoms in total. The first-order valence-corrected chi connectivity index (χ1v) is 6.29. The van der Waals surface area contributed by atoms with Gasteiger partial charge in [0.1, 0.15) is 6.04 Å². The van der Waals surface area contributed by atoms with Crippen molar-refractivity contribution in [3.8, 4) is 17.6 Å². The predicted octanol–water partition coefficient (Wildman–Crippen LogP) is 2.94. The van der Waals surface area contributed by atoms with Gasteiger partial charge in [0, 0.05) is 13.1 Å². The van der Waals surface area contributed by atoms with Gasteiger partial charge in [0.25, 0.3) is 0 Å². The van der Waals surface area contributed by atoms with Gasteiger partial charge in [-0.25, -0.2) is 0 Å². The molecule has 0 fully saturated rings. The summed E-state index contributed by atoms with van der Waals surface area (Å²) in [4.78, 5) is 1.97. The van der Waals surface area contributed by atoms with Crippen LogP contribution in [-0.4, -0.2) is 32.2 Å². The molecule has 0 saturated heterocycles. The zero-order chi connectivity index (χ0) is 15.0. The van der Waals surface area contributed by atoms with E-state index in [-0.39, 0.29) is 6.04 Å². The Morgan fingerprint density at radius 2 is 1.80 bits per heavy atom. The van der Waals surface area contributed by atoms with Crippen LogP contribution in [0.5, 0.6) is 11.5 Å². The number of hydrogen-bond acceptors (Lipinski definition) is 4. The first-order chi connectivity index (χ1) is 9.71. The monoisotopic (exact) mass is 272 g/mol. The summed E-state index contributed by atoms with van der Waals surface area (Å²) < 4.78 is 10.5. The minimum absolute atomic E-state index is 0.384. The lowest BCUT2D eigenvalue weighted by Gasteiger charge is -2.25. The average molecular weight is 272 g/mol. The topological polar surface area (TPSA) is 45.5 Å². The summed E-state index contributed by atoms with van der Waals surface area (Å²) >= 11 is 0. The number of benzene rings is 1. The predicted molar refractivity (Wildman–Crippen MR) is 79.9 cm³/mol. The zero-order valence-electron chi connectivity index (χ0n) is 12.0. The summed E-state index contributed by atoms with van der Waals surface area (Å²) in [5, 5.41) is 9.46. The maximum absolute atomic E-state index is 9.46. The molecule has 0 aliphatic carbocycles. The van der Waals surface area contributed by atoms with Crippen molar-refractivity contribution in [2.45, 2.75) is 6.04 Å². The Labute approximate surface area is 120 Å². The van der Waals surface area contributed by atoms with E-state index >= 15 is 0 Å². The second-order valence-corrected chi connectivity index (χ2v) is 4.18. The quantitative estimate of drug-likeness (QED) is 0.683. The Bertz CT molecular complexity index is 496. The molecule has 1 unspecified atom stereocenters. The minimum Gasteiger partial charge on any atom is -0.493 e. The molecular weight excluding hydrogens is 252 g/mol. The van der Waals surface area contributed by atoms with Crippen molar-refractivity contribution < 1.29 is 9.47 Å². The summed E-state index contributed by atoms with van der Waals surface area (Å²) in [6.07, 6.45) is 3.54. The Kier molecular flexibility index (Phi) is 6.34. The molecule has 106 valence electrons. The van der Waals surface area contributed by atoms with Gasteiger partial charge in [0.2, 0.25) is 0 Å². The van der Waals surface area contributed by atoms with E-state index < -0.39 is 0 Å². The van der Waals surface area contributed by atoms with Crippen LogP contribution in [0.2, 0.25) is 0 Å². The van der Waals surface area contributed by atoms with Crippen LogP contribution in [0.15, 0.2) is 43.5 Å². The lowest BCUT2D eigenvalue weighted by Crippen LogP contribution is -2.28. The molecule has 0 aromatic heterocycles. The van der Waals surface area contributed by atoms with E-state index in [0.29, 0.717) is 24.6 Å². The number of nitriles is 1. The van der Waals surface area contributed by atoms with Gasteiger partial charge in [-0.3, -0.25) is 4.90 Å². The van der Waals surface area contributed by atoms with Crippen LogP contribution in [0.25, 0.3) is 0 Å². The second-order valence-electron chi connectivity index (χ2n) is 4.18. The van der Waals surface area contributed by atoms with Crippen LogP contribution in [0.3, 0.4) is 0 Å². The van der Waals surface area contributed by atoms with Gasteiger partial charge >= 0.3 is 0 Å². The van der Waals surface area contributed by atoms with Crippen molar-refractivity contribution in [3.63, 3.8) is 0 Å². The van der Waals surface area contributed by atoms with Gasteiger partial charge < -0.3 is 9.47 Å². The molecule has 0 bridgehead atoms. The summed E-state index contributed by atoms with van der Waals surface area (Å²) in [5.74, 6) is 1.26. The van der Waals surface area contributed by atoms with E-state index in [1.165, 1.54) is 0 Å². The van der Waals surface area contributed by atoms with E-state index in [2.05, 4.69) is 19.2 Å². The molecule has 0 spiro atoms. The average Bonchev–Trinajstić information content (AvgIpc) is 2.48. The van der Waals surface area contributed by atoms with Gasteiger partial charge in [0.15, 0.2) is 11.5 Å². The molecule has 1 aromatic rings. The number of hydrogen-bond donors (Lipinski definition) is 0. The summed E-state index contributed by atoms with van der Waals surface area (Å²) in [6, 6.07) is 7.43. The number of methoxy groups -OCH3 is 2. The molecule has 0 saturated carbocycles. The third-order valence-electron chi connectivity index (χ3n) is 2.94. The highest BCUT2D eigenvalue weighted by Gasteiger charge is 2.19.